The monoisotopic (exact) mass is 732 g/mol. The van der Waals surface area contributed by atoms with E-state index in [4.69, 9.17) is 14.4 Å². The van der Waals surface area contributed by atoms with Crippen molar-refractivity contribution < 1.29 is 4.42 Å². The lowest BCUT2D eigenvalue weighted by atomic mass is 9.93. The summed E-state index contributed by atoms with van der Waals surface area (Å²) >= 11 is 1.84. The molecule has 0 bridgehead atoms. The number of rotatable bonds is 6. The van der Waals surface area contributed by atoms with Crippen molar-refractivity contribution in [2.75, 3.05) is 0 Å². The molecule has 0 aliphatic heterocycles. The van der Waals surface area contributed by atoms with Crippen molar-refractivity contribution in [3.05, 3.63) is 194 Å². The summed E-state index contributed by atoms with van der Waals surface area (Å²) in [7, 11) is 0. The predicted molar refractivity (Wildman–Crippen MR) is 235 cm³/mol. The summed E-state index contributed by atoms with van der Waals surface area (Å²) in [5.74, 6) is 0.679. The first kappa shape index (κ1) is 32.3. The Morgan fingerprint density at radius 3 is 1.82 bits per heavy atom. The lowest BCUT2D eigenvalue weighted by Crippen LogP contribution is -1.97. The molecular weight excluding hydrogens is 701 g/mol. The quantitative estimate of drug-likeness (QED) is 0.171. The fraction of sp³-hybridized carbons (Fsp3) is 0. The van der Waals surface area contributed by atoms with Crippen molar-refractivity contribution in [3.8, 4) is 67.3 Å². The van der Waals surface area contributed by atoms with E-state index in [0.717, 1.165) is 83.4 Å². The van der Waals surface area contributed by atoms with Crippen molar-refractivity contribution in [1.29, 1.82) is 0 Å². The standard InChI is InChI=1S/C52H32N2OS/c1-3-14-33(15-4-1)36-28-37(40-22-13-23-44-42-20-9-11-24-48(42)55-51(40)44)30-38(29-36)46-32-47(54-52(53-46)34-16-5-2-6-17-34)41-19-8-7-18-39(41)35-26-27-50-45(31-35)43-21-10-12-25-49(43)56-50/h1-32H. The third-order valence-electron chi connectivity index (χ3n) is 10.7. The number of fused-ring (bicyclic) bond motifs is 6. The van der Waals surface area contributed by atoms with Crippen LogP contribution in [0.2, 0.25) is 0 Å². The van der Waals surface area contributed by atoms with Crippen molar-refractivity contribution in [2.45, 2.75) is 0 Å². The van der Waals surface area contributed by atoms with Crippen LogP contribution in [0.15, 0.2) is 199 Å². The Kier molecular flexibility index (Phi) is 7.68. The Labute approximate surface area is 327 Å². The van der Waals surface area contributed by atoms with Gasteiger partial charge >= 0.3 is 0 Å². The summed E-state index contributed by atoms with van der Waals surface area (Å²) in [5.41, 5.74) is 13.1. The second kappa shape index (κ2) is 13.3. The van der Waals surface area contributed by atoms with Crippen molar-refractivity contribution in [1.82, 2.24) is 9.97 Å². The van der Waals surface area contributed by atoms with E-state index in [1.165, 1.54) is 20.2 Å². The maximum absolute atomic E-state index is 6.56. The fourth-order valence-electron chi connectivity index (χ4n) is 8.00. The maximum Gasteiger partial charge on any atom is 0.160 e. The van der Waals surface area contributed by atoms with Gasteiger partial charge in [0.1, 0.15) is 11.2 Å². The average Bonchev–Trinajstić information content (AvgIpc) is 3.85. The molecule has 0 atom stereocenters. The van der Waals surface area contributed by atoms with Crippen LogP contribution in [0.5, 0.6) is 0 Å². The van der Waals surface area contributed by atoms with Gasteiger partial charge in [0.05, 0.1) is 11.4 Å². The molecule has 3 heterocycles. The van der Waals surface area contributed by atoms with Crippen molar-refractivity contribution in [3.63, 3.8) is 0 Å². The van der Waals surface area contributed by atoms with Crippen LogP contribution in [-0.2, 0) is 0 Å². The molecule has 3 aromatic heterocycles. The van der Waals surface area contributed by atoms with Gasteiger partial charge in [-0.1, -0.05) is 146 Å². The van der Waals surface area contributed by atoms with Crippen molar-refractivity contribution in [2.24, 2.45) is 0 Å². The normalized spacial score (nSPS) is 11.6. The van der Waals surface area contributed by atoms with Crippen LogP contribution >= 0.6 is 11.3 Å². The van der Waals surface area contributed by atoms with E-state index in [1.807, 2.05) is 41.7 Å². The number of aromatic nitrogens is 2. The number of furan rings is 1. The van der Waals surface area contributed by atoms with Crippen molar-refractivity contribution >= 4 is 53.4 Å². The number of hydrogen-bond donors (Lipinski definition) is 0. The van der Waals surface area contributed by atoms with Crippen LogP contribution in [0.3, 0.4) is 0 Å². The van der Waals surface area contributed by atoms with Gasteiger partial charge < -0.3 is 4.42 Å². The second-order valence-corrected chi connectivity index (χ2v) is 15.2. The van der Waals surface area contributed by atoms with Gasteiger partial charge in [-0.05, 0) is 76.3 Å². The van der Waals surface area contributed by atoms with Gasteiger partial charge in [-0.3, -0.25) is 0 Å². The van der Waals surface area contributed by atoms with Crippen LogP contribution in [0, 0.1) is 0 Å². The zero-order chi connectivity index (χ0) is 37.0. The lowest BCUT2D eigenvalue weighted by molar-refractivity contribution is 0.670. The molecule has 8 aromatic carbocycles. The summed E-state index contributed by atoms with van der Waals surface area (Å²) in [5, 5.41) is 4.78. The molecule has 0 amide bonds. The first-order chi connectivity index (χ1) is 27.7. The Morgan fingerprint density at radius 1 is 0.339 bits per heavy atom. The molecule has 0 N–H and O–H groups in total. The minimum Gasteiger partial charge on any atom is -0.455 e. The molecule has 11 rings (SSSR count). The summed E-state index contributed by atoms with van der Waals surface area (Å²) in [6.45, 7) is 0. The lowest BCUT2D eigenvalue weighted by Gasteiger charge is -2.15. The van der Waals surface area contributed by atoms with Gasteiger partial charge in [0, 0.05) is 53.2 Å². The summed E-state index contributed by atoms with van der Waals surface area (Å²) in [6.07, 6.45) is 0. The number of hydrogen-bond acceptors (Lipinski definition) is 4. The number of thiophene rings is 1. The van der Waals surface area contributed by atoms with E-state index in [2.05, 4.69) is 164 Å². The van der Waals surface area contributed by atoms with Gasteiger partial charge in [-0.15, -0.1) is 11.3 Å². The molecular formula is C52H32N2OS. The molecule has 0 saturated carbocycles. The third kappa shape index (κ3) is 5.58. The first-order valence-electron chi connectivity index (χ1n) is 18.8. The van der Waals surface area contributed by atoms with Crippen LogP contribution < -0.4 is 0 Å². The van der Waals surface area contributed by atoms with Crippen LogP contribution in [-0.4, -0.2) is 9.97 Å². The number of para-hydroxylation sites is 2. The van der Waals surface area contributed by atoms with Crippen LogP contribution in [0.4, 0.5) is 0 Å². The predicted octanol–water partition coefficient (Wildman–Crippen LogP) is 14.7. The molecule has 0 saturated heterocycles. The van der Waals surface area contributed by atoms with Gasteiger partial charge in [-0.25, -0.2) is 9.97 Å². The molecule has 4 heteroatoms. The number of benzene rings is 8. The summed E-state index contributed by atoms with van der Waals surface area (Å²) < 4.78 is 9.15. The first-order valence-corrected chi connectivity index (χ1v) is 19.6. The topological polar surface area (TPSA) is 38.9 Å². The second-order valence-electron chi connectivity index (χ2n) is 14.1. The highest BCUT2D eigenvalue weighted by Crippen LogP contribution is 2.42. The minimum atomic E-state index is 0.679. The Hall–Kier alpha value is -7.14. The summed E-state index contributed by atoms with van der Waals surface area (Å²) in [4.78, 5) is 10.6. The Bertz CT molecular complexity index is 3250. The van der Waals surface area contributed by atoms with Crippen LogP contribution in [0.1, 0.15) is 0 Å². The molecule has 0 spiro atoms. The van der Waals surface area contributed by atoms with Gasteiger partial charge in [-0.2, -0.15) is 0 Å². The van der Waals surface area contributed by atoms with Gasteiger partial charge in [0.25, 0.3) is 0 Å². The molecule has 0 fully saturated rings. The number of nitrogens with zero attached hydrogens (tertiary/aromatic N) is 2. The van der Waals surface area contributed by atoms with Gasteiger partial charge in [0.2, 0.25) is 0 Å². The Balaban J connectivity index is 1.13. The SMILES string of the molecule is c1ccc(-c2cc(-c3cc(-c4ccccc4-c4ccc5sc6ccccc6c5c4)nc(-c4ccccc4)n3)cc(-c3cccc4c3oc3ccccc34)c2)cc1. The molecule has 262 valence electrons. The Morgan fingerprint density at radius 2 is 0.964 bits per heavy atom. The smallest absolute Gasteiger partial charge is 0.160 e. The highest BCUT2D eigenvalue weighted by atomic mass is 32.1. The summed E-state index contributed by atoms with van der Waals surface area (Å²) in [6, 6.07) is 68.5. The zero-order valence-electron chi connectivity index (χ0n) is 30.2. The third-order valence-corrected chi connectivity index (χ3v) is 11.9. The highest BCUT2D eigenvalue weighted by molar-refractivity contribution is 7.25. The minimum absolute atomic E-state index is 0.679. The maximum atomic E-state index is 6.56. The molecule has 0 aliphatic rings. The molecule has 3 nitrogen and oxygen atoms in total. The molecule has 0 aliphatic carbocycles. The molecule has 0 radical (unpaired) electrons. The molecule has 0 unspecified atom stereocenters. The van der Waals surface area contributed by atoms with E-state index < -0.39 is 0 Å². The van der Waals surface area contributed by atoms with Crippen LogP contribution in [0.25, 0.3) is 109 Å². The zero-order valence-corrected chi connectivity index (χ0v) is 31.0. The van der Waals surface area contributed by atoms with E-state index in [9.17, 15) is 0 Å². The van der Waals surface area contributed by atoms with Gasteiger partial charge in [0.15, 0.2) is 5.82 Å². The van der Waals surface area contributed by atoms with E-state index >= 15 is 0 Å². The van der Waals surface area contributed by atoms with E-state index in [1.54, 1.807) is 0 Å². The average molecular weight is 733 g/mol. The van der Waals surface area contributed by atoms with E-state index in [-0.39, 0.29) is 0 Å². The largest absolute Gasteiger partial charge is 0.455 e. The van der Waals surface area contributed by atoms with E-state index in [0.29, 0.717) is 5.82 Å². The highest BCUT2D eigenvalue weighted by Gasteiger charge is 2.18. The molecule has 56 heavy (non-hydrogen) atoms. The molecule has 11 aromatic rings. The fourth-order valence-corrected chi connectivity index (χ4v) is 9.09.